The maximum absolute atomic E-state index is 13.0. The van der Waals surface area contributed by atoms with Gasteiger partial charge < -0.3 is 10.1 Å². The molecule has 1 N–H and O–H groups in total. The van der Waals surface area contributed by atoms with Gasteiger partial charge in [-0.25, -0.2) is 9.37 Å². The van der Waals surface area contributed by atoms with E-state index in [2.05, 4.69) is 10.3 Å². The minimum absolute atomic E-state index is 0.124. The van der Waals surface area contributed by atoms with Crippen molar-refractivity contribution in [2.24, 2.45) is 0 Å². The molecule has 5 nitrogen and oxygen atoms in total. The minimum atomic E-state index is -0.486. The summed E-state index contributed by atoms with van der Waals surface area (Å²) in [5.41, 5.74) is 0.340. The van der Waals surface area contributed by atoms with E-state index in [4.69, 9.17) is 4.74 Å². The van der Waals surface area contributed by atoms with Gasteiger partial charge in [0.05, 0.1) is 0 Å². The van der Waals surface area contributed by atoms with Crippen molar-refractivity contribution in [2.45, 2.75) is 6.92 Å². The lowest BCUT2D eigenvalue weighted by atomic mass is 10.2. The topological polar surface area (TPSA) is 68.3 Å². The Morgan fingerprint density at radius 1 is 1.20 bits per heavy atom. The number of carbonyl (C=O) groups excluding carboxylic acids is 2. The Labute approximate surface area is 114 Å². The molecule has 0 saturated heterocycles. The fourth-order valence-corrected chi connectivity index (χ4v) is 1.50. The Hall–Kier alpha value is -2.76. The normalized spacial score (nSPS) is 9.90. The van der Waals surface area contributed by atoms with Crippen LogP contribution < -0.4 is 10.1 Å². The summed E-state index contributed by atoms with van der Waals surface area (Å²) in [5.74, 6) is -0.888. The molecule has 0 aliphatic carbocycles. The Morgan fingerprint density at radius 2 is 1.90 bits per heavy atom. The Balaban J connectivity index is 2.07. The van der Waals surface area contributed by atoms with Crippen molar-refractivity contribution in [2.75, 3.05) is 5.32 Å². The molecular weight excluding hydrogens is 263 g/mol. The summed E-state index contributed by atoms with van der Waals surface area (Å²) in [6.07, 6.45) is 1.26. The number of anilines is 1. The standard InChI is InChI=1S/C14H11FN2O3/c1-9(18)20-12-4-2-10(3-5-12)14(19)17-13-8-11(15)6-7-16-13/h2-8H,1H3,(H,16,17,19). The number of hydrogen-bond donors (Lipinski definition) is 1. The molecule has 2 aromatic rings. The summed E-state index contributed by atoms with van der Waals surface area (Å²) < 4.78 is 17.8. The summed E-state index contributed by atoms with van der Waals surface area (Å²) in [6, 6.07) is 8.28. The van der Waals surface area contributed by atoms with Crippen LogP contribution in [0.5, 0.6) is 5.75 Å². The third-order valence-electron chi connectivity index (χ3n) is 2.34. The van der Waals surface area contributed by atoms with Gasteiger partial charge in [-0.2, -0.15) is 0 Å². The highest BCUT2D eigenvalue weighted by Gasteiger charge is 2.08. The van der Waals surface area contributed by atoms with Crippen molar-refractivity contribution < 1.29 is 18.7 Å². The van der Waals surface area contributed by atoms with Gasteiger partial charge in [0.1, 0.15) is 17.4 Å². The van der Waals surface area contributed by atoms with Crippen molar-refractivity contribution >= 4 is 17.7 Å². The van der Waals surface area contributed by atoms with E-state index >= 15 is 0 Å². The van der Waals surface area contributed by atoms with Gasteiger partial charge in [0.25, 0.3) is 5.91 Å². The molecule has 0 unspecified atom stereocenters. The van der Waals surface area contributed by atoms with E-state index in [9.17, 15) is 14.0 Å². The number of hydrogen-bond acceptors (Lipinski definition) is 4. The molecule has 1 heterocycles. The van der Waals surface area contributed by atoms with Gasteiger partial charge in [0.2, 0.25) is 0 Å². The van der Waals surface area contributed by atoms with Gasteiger partial charge in [-0.1, -0.05) is 0 Å². The molecule has 0 aliphatic heterocycles. The van der Waals surface area contributed by atoms with E-state index in [1.54, 1.807) is 0 Å². The van der Waals surface area contributed by atoms with Crippen molar-refractivity contribution in [3.05, 3.63) is 54.0 Å². The number of ether oxygens (including phenoxy) is 1. The second-order valence-electron chi connectivity index (χ2n) is 3.93. The first-order valence-corrected chi connectivity index (χ1v) is 5.76. The number of rotatable bonds is 3. The molecule has 0 radical (unpaired) electrons. The lowest BCUT2D eigenvalue weighted by Gasteiger charge is -2.05. The Morgan fingerprint density at radius 3 is 2.50 bits per heavy atom. The van der Waals surface area contributed by atoms with E-state index < -0.39 is 17.7 Å². The molecular formula is C14H11FN2O3. The first kappa shape index (κ1) is 13.7. The van der Waals surface area contributed by atoms with E-state index in [1.807, 2.05) is 0 Å². The summed E-state index contributed by atoms with van der Waals surface area (Å²) in [7, 11) is 0. The predicted octanol–water partition coefficient (Wildman–Crippen LogP) is 2.40. The van der Waals surface area contributed by atoms with Crippen LogP contribution in [0.3, 0.4) is 0 Å². The zero-order valence-corrected chi connectivity index (χ0v) is 10.6. The van der Waals surface area contributed by atoms with Crippen molar-refractivity contribution in [1.82, 2.24) is 4.98 Å². The van der Waals surface area contributed by atoms with Crippen LogP contribution >= 0.6 is 0 Å². The molecule has 0 atom stereocenters. The second-order valence-corrected chi connectivity index (χ2v) is 3.93. The molecule has 1 aromatic heterocycles. The summed E-state index contributed by atoms with van der Waals surface area (Å²) >= 11 is 0. The van der Waals surface area contributed by atoms with Crippen LogP contribution in [-0.2, 0) is 4.79 Å². The molecule has 0 aliphatic rings. The number of esters is 1. The molecule has 2 rings (SSSR count). The fraction of sp³-hybridized carbons (Fsp3) is 0.0714. The molecule has 1 amide bonds. The average Bonchev–Trinajstić information content (AvgIpc) is 2.38. The van der Waals surface area contributed by atoms with Crippen LogP contribution in [0, 0.1) is 5.82 Å². The number of pyridine rings is 1. The van der Waals surface area contributed by atoms with Crippen LogP contribution in [0.2, 0.25) is 0 Å². The lowest BCUT2D eigenvalue weighted by Crippen LogP contribution is -2.13. The SMILES string of the molecule is CC(=O)Oc1ccc(C(=O)Nc2cc(F)ccn2)cc1. The van der Waals surface area contributed by atoms with Gasteiger partial charge in [0.15, 0.2) is 0 Å². The predicted molar refractivity (Wildman–Crippen MR) is 69.9 cm³/mol. The second kappa shape index (κ2) is 5.92. The van der Waals surface area contributed by atoms with Gasteiger partial charge >= 0.3 is 5.97 Å². The minimum Gasteiger partial charge on any atom is -0.427 e. The lowest BCUT2D eigenvalue weighted by molar-refractivity contribution is -0.131. The molecule has 20 heavy (non-hydrogen) atoms. The van der Waals surface area contributed by atoms with Crippen LogP contribution in [0.1, 0.15) is 17.3 Å². The Bertz CT molecular complexity index is 641. The number of halogens is 1. The highest BCUT2D eigenvalue weighted by atomic mass is 19.1. The third-order valence-corrected chi connectivity index (χ3v) is 2.34. The Kier molecular flexibility index (Phi) is 4.05. The van der Waals surface area contributed by atoms with Gasteiger partial charge in [-0.15, -0.1) is 0 Å². The van der Waals surface area contributed by atoms with Gasteiger partial charge in [-0.3, -0.25) is 9.59 Å². The smallest absolute Gasteiger partial charge is 0.308 e. The van der Waals surface area contributed by atoms with Crippen LogP contribution in [0.25, 0.3) is 0 Å². The summed E-state index contributed by atoms with van der Waals surface area (Å²) in [4.78, 5) is 26.5. The first-order valence-electron chi connectivity index (χ1n) is 5.76. The van der Waals surface area contributed by atoms with Crippen LogP contribution in [0.4, 0.5) is 10.2 Å². The average molecular weight is 274 g/mol. The maximum atomic E-state index is 13.0. The highest BCUT2D eigenvalue weighted by Crippen LogP contribution is 2.14. The molecule has 0 spiro atoms. The number of nitrogens with zero attached hydrogens (tertiary/aromatic N) is 1. The molecule has 0 fully saturated rings. The maximum Gasteiger partial charge on any atom is 0.308 e. The third kappa shape index (κ3) is 3.61. The van der Waals surface area contributed by atoms with E-state index in [0.29, 0.717) is 11.3 Å². The monoisotopic (exact) mass is 274 g/mol. The van der Waals surface area contributed by atoms with E-state index in [1.165, 1.54) is 43.5 Å². The quantitative estimate of drug-likeness (QED) is 0.689. The highest BCUT2D eigenvalue weighted by molar-refractivity contribution is 6.03. The first-order chi connectivity index (χ1) is 9.54. The molecule has 0 saturated carbocycles. The number of carbonyl (C=O) groups is 2. The van der Waals surface area contributed by atoms with Crippen molar-refractivity contribution in [3.8, 4) is 5.75 Å². The van der Waals surface area contributed by atoms with Crippen LogP contribution in [-0.4, -0.2) is 16.9 Å². The van der Waals surface area contributed by atoms with Crippen molar-refractivity contribution in [3.63, 3.8) is 0 Å². The molecule has 1 aromatic carbocycles. The largest absolute Gasteiger partial charge is 0.427 e. The number of amides is 1. The fourth-order valence-electron chi connectivity index (χ4n) is 1.50. The van der Waals surface area contributed by atoms with Crippen molar-refractivity contribution in [1.29, 1.82) is 0 Å². The zero-order chi connectivity index (χ0) is 14.5. The summed E-state index contributed by atoms with van der Waals surface area (Å²) in [5, 5.41) is 2.46. The van der Waals surface area contributed by atoms with E-state index in [-0.39, 0.29) is 5.82 Å². The zero-order valence-electron chi connectivity index (χ0n) is 10.6. The van der Waals surface area contributed by atoms with Gasteiger partial charge in [0, 0.05) is 24.8 Å². The number of benzene rings is 1. The summed E-state index contributed by atoms with van der Waals surface area (Å²) in [6.45, 7) is 1.29. The molecule has 6 heteroatoms. The van der Waals surface area contributed by atoms with E-state index in [0.717, 1.165) is 6.07 Å². The van der Waals surface area contributed by atoms with Gasteiger partial charge in [-0.05, 0) is 30.3 Å². The number of nitrogens with one attached hydrogen (secondary N) is 1. The molecule has 102 valence electrons. The molecule has 0 bridgehead atoms. The van der Waals surface area contributed by atoms with Crippen LogP contribution in [0.15, 0.2) is 42.6 Å². The number of aromatic nitrogens is 1.